The molecule has 0 aliphatic carbocycles. The van der Waals surface area contributed by atoms with Gasteiger partial charge in [-0.25, -0.2) is 9.78 Å². The first-order chi connectivity index (χ1) is 12.5. The Kier molecular flexibility index (Phi) is 4.03. The van der Waals surface area contributed by atoms with Crippen LogP contribution in [0.5, 0.6) is 0 Å². The van der Waals surface area contributed by atoms with Crippen molar-refractivity contribution in [3.05, 3.63) is 62.6 Å². The molecular weight excluding hydrogens is 330 g/mol. The summed E-state index contributed by atoms with van der Waals surface area (Å²) in [5, 5.41) is 0. The number of benzene rings is 1. The zero-order chi connectivity index (χ0) is 18.4. The van der Waals surface area contributed by atoms with E-state index in [0.717, 1.165) is 23.5 Å². The SMILES string of the molecule is CC(CN1CCn2c(nc3c2c(=O)n(C)c(=O)n3C)C1)c1ccccc1. The van der Waals surface area contributed by atoms with E-state index in [-0.39, 0.29) is 11.2 Å². The van der Waals surface area contributed by atoms with E-state index < -0.39 is 0 Å². The predicted molar refractivity (Wildman–Crippen MR) is 100 cm³/mol. The molecular formula is C19H23N5O2. The van der Waals surface area contributed by atoms with Gasteiger partial charge in [-0.2, -0.15) is 0 Å². The summed E-state index contributed by atoms with van der Waals surface area (Å²) in [6.45, 7) is 5.42. The number of aryl methyl sites for hydroxylation is 1. The molecule has 1 aliphatic rings. The number of fused-ring (bicyclic) bond motifs is 3. The maximum Gasteiger partial charge on any atom is 0.332 e. The largest absolute Gasteiger partial charge is 0.332 e. The minimum atomic E-state index is -0.340. The lowest BCUT2D eigenvalue weighted by Crippen LogP contribution is -2.39. The maximum absolute atomic E-state index is 12.6. The summed E-state index contributed by atoms with van der Waals surface area (Å²) in [6.07, 6.45) is 0. The Morgan fingerprint density at radius 3 is 2.54 bits per heavy atom. The van der Waals surface area contributed by atoms with Crippen molar-refractivity contribution in [2.45, 2.75) is 25.9 Å². The summed E-state index contributed by atoms with van der Waals surface area (Å²) < 4.78 is 4.58. The van der Waals surface area contributed by atoms with Crippen LogP contribution in [0, 0.1) is 0 Å². The summed E-state index contributed by atoms with van der Waals surface area (Å²) in [6, 6.07) is 10.5. The molecule has 1 unspecified atom stereocenters. The molecule has 2 aromatic heterocycles. The summed E-state index contributed by atoms with van der Waals surface area (Å²) in [7, 11) is 3.18. The third kappa shape index (κ3) is 2.59. The van der Waals surface area contributed by atoms with Gasteiger partial charge in [-0.15, -0.1) is 0 Å². The second-order valence-electron chi connectivity index (χ2n) is 7.10. The third-order valence-corrected chi connectivity index (χ3v) is 5.33. The molecule has 7 heteroatoms. The average Bonchev–Trinajstić information content (AvgIpc) is 3.04. The number of hydrogen-bond donors (Lipinski definition) is 0. The van der Waals surface area contributed by atoms with Crippen LogP contribution in [0.4, 0.5) is 0 Å². The van der Waals surface area contributed by atoms with Gasteiger partial charge in [0.15, 0.2) is 11.2 Å². The number of rotatable bonds is 3. The van der Waals surface area contributed by atoms with Crippen molar-refractivity contribution < 1.29 is 0 Å². The number of nitrogens with zero attached hydrogens (tertiary/aromatic N) is 5. The molecule has 0 saturated heterocycles. The van der Waals surface area contributed by atoms with Crippen LogP contribution in [0.3, 0.4) is 0 Å². The highest BCUT2D eigenvalue weighted by atomic mass is 16.2. The van der Waals surface area contributed by atoms with E-state index >= 15 is 0 Å². The molecule has 1 aromatic carbocycles. The molecule has 26 heavy (non-hydrogen) atoms. The van der Waals surface area contributed by atoms with Crippen molar-refractivity contribution in [2.24, 2.45) is 14.1 Å². The van der Waals surface area contributed by atoms with E-state index in [1.165, 1.54) is 17.2 Å². The molecule has 0 spiro atoms. The first-order valence-electron chi connectivity index (χ1n) is 8.89. The molecule has 1 aliphatic heterocycles. The highest BCUT2D eigenvalue weighted by Gasteiger charge is 2.25. The highest BCUT2D eigenvalue weighted by Crippen LogP contribution is 2.21. The lowest BCUT2D eigenvalue weighted by Gasteiger charge is -2.30. The second-order valence-corrected chi connectivity index (χ2v) is 7.10. The van der Waals surface area contributed by atoms with Gasteiger partial charge in [0.25, 0.3) is 5.56 Å². The van der Waals surface area contributed by atoms with Gasteiger partial charge in [-0.3, -0.25) is 18.8 Å². The topological polar surface area (TPSA) is 65.1 Å². The van der Waals surface area contributed by atoms with E-state index in [9.17, 15) is 9.59 Å². The smallest absolute Gasteiger partial charge is 0.320 e. The van der Waals surface area contributed by atoms with E-state index in [0.29, 0.717) is 30.2 Å². The molecule has 0 radical (unpaired) electrons. The second kappa shape index (κ2) is 6.25. The Morgan fingerprint density at radius 1 is 1.08 bits per heavy atom. The van der Waals surface area contributed by atoms with Gasteiger partial charge >= 0.3 is 5.69 Å². The van der Waals surface area contributed by atoms with E-state index in [2.05, 4.69) is 41.1 Å². The normalized spacial score (nSPS) is 16.0. The lowest BCUT2D eigenvalue weighted by atomic mass is 10.0. The number of aromatic nitrogens is 4. The van der Waals surface area contributed by atoms with Crippen LogP contribution in [0.15, 0.2) is 39.9 Å². The van der Waals surface area contributed by atoms with Crippen molar-refractivity contribution in [3.8, 4) is 0 Å². The highest BCUT2D eigenvalue weighted by molar-refractivity contribution is 5.71. The minimum absolute atomic E-state index is 0.270. The molecule has 136 valence electrons. The van der Waals surface area contributed by atoms with Crippen LogP contribution in [0.25, 0.3) is 11.2 Å². The molecule has 0 fully saturated rings. The van der Waals surface area contributed by atoms with Crippen molar-refractivity contribution >= 4 is 11.2 Å². The Morgan fingerprint density at radius 2 is 1.81 bits per heavy atom. The minimum Gasteiger partial charge on any atom is -0.320 e. The zero-order valence-corrected chi connectivity index (χ0v) is 15.3. The fourth-order valence-electron chi connectivity index (χ4n) is 3.80. The molecule has 0 N–H and O–H groups in total. The van der Waals surface area contributed by atoms with Gasteiger partial charge in [0, 0.05) is 33.7 Å². The maximum atomic E-state index is 12.6. The molecule has 4 rings (SSSR count). The Labute approximate surface area is 151 Å². The van der Waals surface area contributed by atoms with Gasteiger partial charge < -0.3 is 4.57 Å². The Hall–Kier alpha value is -2.67. The van der Waals surface area contributed by atoms with E-state index in [4.69, 9.17) is 0 Å². The fourth-order valence-corrected chi connectivity index (χ4v) is 3.80. The van der Waals surface area contributed by atoms with Crippen molar-refractivity contribution in [1.29, 1.82) is 0 Å². The molecule has 1 atom stereocenters. The first kappa shape index (κ1) is 16.8. The number of hydrogen-bond acceptors (Lipinski definition) is 4. The summed E-state index contributed by atoms with van der Waals surface area (Å²) >= 11 is 0. The Balaban J connectivity index is 1.66. The van der Waals surface area contributed by atoms with Crippen molar-refractivity contribution in [2.75, 3.05) is 13.1 Å². The van der Waals surface area contributed by atoms with Crippen molar-refractivity contribution in [3.63, 3.8) is 0 Å². The summed E-state index contributed by atoms with van der Waals surface area (Å²) in [4.78, 5) is 31.7. The van der Waals surface area contributed by atoms with E-state index in [1.807, 2.05) is 10.6 Å². The lowest BCUT2D eigenvalue weighted by molar-refractivity contribution is 0.209. The molecule has 7 nitrogen and oxygen atoms in total. The van der Waals surface area contributed by atoms with Gasteiger partial charge in [-0.1, -0.05) is 37.3 Å². The van der Waals surface area contributed by atoms with Gasteiger partial charge in [-0.05, 0) is 11.5 Å². The number of imidazole rings is 1. The van der Waals surface area contributed by atoms with Crippen LogP contribution in [-0.2, 0) is 27.2 Å². The van der Waals surface area contributed by atoms with Crippen LogP contribution < -0.4 is 11.2 Å². The average molecular weight is 353 g/mol. The third-order valence-electron chi connectivity index (χ3n) is 5.33. The van der Waals surface area contributed by atoms with Crippen LogP contribution in [-0.4, -0.2) is 36.7 Å². The fraction of sp³-hybridized carbons (Fsp3) is 0.421. The Bertz CT molecular complexity index is 1080. The van der Waals surface area contributed by atoms with Crippen LogP contribution in [0.1, 0.15) is 24.2 Å². The van der Waals surface area contributed by atoms with E-state index in [1.54, 1.807) is 7.05 Å². The zero-order valence-electron chi connectivity index (χ0n) is 15.3. The first-order valence-corrected chi connectivity index (χ1v) is 8.89. The molecule has 0 saturated carbocycles. The van der Waals surface area contributed by atoms with Gasteiger partial charge in [0.1, 0.15) is 5.82 Å². The van der Waals surface area contributed by atoms with Gasteiger partial charge in [0.2, 0.25) is 0 Å². The standard InChI is InChI=1S/C19H23N5O2/c1-13(14-7-5-4-6-8-14)11-23-9-10-24-15(12-23)20-17-16(24)18(25)22(3)19(26)21(17)2/h4-8,13H,9-12H2,1-3H3. The molecule has 0 amide bonds. The molecule has 3 heterocycles. The summed E-state index contributed by atoms with van der Waals surface area (Å²) in [5.41, 5.74) is 1.72. The predicted octanol–water partition coefficient (Wildman–Crippen LogP) is 1.05. The van der Waals surface area contributed by atoms with Crippen LogP contribution >= 0.6 is 0 Å². The van der Waals surface area contributed by atoms with Crippen LogP contribution in [0.2, 0.25) is 0 Å². The monoisotopic (exact) mass is 353 g/mol. The van der Waals surface area contributed by atoms with Gasteiger partial charge in [0.05, 0.1) is 6.54 Å². The summed E-state index contributed by atoms with van der Waals surface area (Å²) in [5.74, 6) is 1.27. The quantitative estimate of drug-likeness (QED) is 0.706. The van der Waals surface area contributed by atoms with Crippen molar-refractivity contribution in [1.82, 2.24) is 23.6 Å². The molecule has 0 bridgehead atoms. The molecule has 3 aromatic rings.